The van der Waals surface area contributed by atoms with Gasteiger partial charge < -0.3 is 20.6 Å². The van der Waals surface area contributed by atoms with Gasteiger partial charge in [0.15, 0.2) is 16.9 Å². The Morgan fingerprint density at radius 1 is 1.44 bits per heavy atom. The normalized spacial score (nSPS) is 19.6. The minimum atomic E-state index is -5.02. The van der Waals surface area contributed by atoms with Gasteiger partial charge in [-0.15, -0.1) is 11.3 Å². The summed E-state index contributed by atoms with van der Waals surface area (Å²) in [5, 5.41) is 7.16. The Kier molecular flexibility index (Phi) is 7.70. The number of hydrogen-bond donors (Lipinski definition) is 3. The van der Waals surface area contributed by atoms with Crippen LogP contribution < -0.4 is 11.1 Å². The number of β-lactam (4-membered cyclic amide) rings is 1. The van der Waals surface area contributed by atoms with Crippen molar-refractivity contribution in [3.05, 3.63) is 11.1 Å². The number of nitrogens with two attached hydrogens (primary N) is 1. The molecule has 1 aliphatic rings. The van der Waals surface area contributed by atoms with Crippen molar-refractivity contribution in [2.75, 3.05) is 20.0 Å². The van der Waals surface area contributed by atoms with Gasteiger partial charge in [0, 0.05) is 5.38 Å². The van der Waals surface area contributed by atoms with Crippen LogP contribution >= 0.6 is 11.3 Å². The molecule has 1 saturated heterocycles. The number of nitrogens with one attached hydrogen (secondary N) is 1. The Hall–Kier alpha value is -1.78. The van der Waals surface area contributed by atoms with Gasteiger partial charge in [-0.3, -0.25) is 14.1 Å². The second-order valence-electron chi connectivity index (χ2n) is 4.72. The fourth-order valence-electron chi connectivity index (χ4n) is 2.11. The number of oxime groups is 1. The molecule has 0 aliphatic carbocycles. The third-order valence-corrected chi connectivity index (χ3v) is 4.77. The first-order chi connectivity index (χ1) is 12.1. The number of amides is 2. The van der Waals surface area contributed by atoms with Gasteiger partial charge in [-0.05, 0) is 0 Å². The van der Waals surface area contributed by atoms with Crippen molar-refractivity contribution in [1.29, 1.82) is 0 Å². The topological polar surface area (TPSA) is 191 Å². The Bertz CT molecular complexity index is 885. The number of carbonyl (C=O) groups is 3. The molecule has 2 rings (SSSR count). The molecule has 0 aromatic carbocycles. The fourth-order valence-corrected chi connectivity index (χ4v) is 3.50. The van der Waals surface area contributed by atoms with E-state index in [1.165, 1.54) is 5.38 Å². The number of esters is 1. The van der Waals surface area contributed by atoms with Crippen LogP contribution in [-0.4, -0.2) is 102 Å². The van der Waals surface area contributed by atoms with Gasteiger partial charge in [0.2, 0.25) is 0 Å². The summed E-state index contributed by atoms with van der Waals surface area (Å²) < 4.78 is 35.8. The van der Waals surface area contributed by atoms with Crippen LogP contribution in [0.4, 0.5) is 5.13 Å². The van der Waals surface area contributed by atoms with Gasteiger partial charge in [0.25, 0.3) is 11.8 Å². The molecule has 16 heteroatoms. The van der Waals surface area contributed by atoms with Gasteiger partial charge in [-0.2, -0.15) is 12.7 Å². The average Bonchev–Trinajstić information content (AvgIpc) is 2.98. The Morgan fingerprint density at radius 3 is 2.52 bits per heavy atom. The first-order valence-electron chi connectivity index (χ1n) is 6.63. The number of thiazole rings is 1. The SMILES string of the molecule is CO/N=C(/C(=O)NC1C(=O)N(S(=O)(=O)O)C1C(=O)OC)c1csc(N)n1.[NaH]. The van der Waals surface area contributed by atoms with Crippen LogP contribution in [0.3, 0.4) is 0 Å². The van der Waals surface area contributed by atoms with E-state index >= 15 is 0 Å². The zero-order valence-corrected chi connectivity index (χ0v) is 14.9. The molecule has 2 heterocycles. The molecule has 0 saturated carbocycles. The fraction of sp³-hybridized carbons (Fsp3) is 0.364. The zero-order valence-electron chi connectivity index (χ0n) is 13.3. The summed E-state index contributed by atoms with van der Waals surface area (Å²) in [7, 11) is -2.91. The number of nitrogen functional groups attached to an aromatic ring is 1. The molecule has 0 bridgehead atoms. The van der Waals surface area contributed by atoms with Crippen molar-refractivity contribution in [3.8, 4) is 0 Å². The molecule has 27 heavy (non-hydrogen) atoms. The van der Waals surface area contributed by atoms with E-state index in [9.17, 15) is 22.8 Å². The minimum absolute atomic E-state index is 0. The zero-order chi connectivity index (χ0) is 19.6. The maximum absolute atomic E-state index is 12.4. The van der Waals surface area contributed by atoms with Crippen molar-refractivity contribution in [2.24, 2.45) is 5.16 Å². The van der Waals surface area contributed by atoms with Gasteiger partial charge in [-0.25, -0.2) is 9.78 Å². The van der Waals surface area contributed by atoms with Crippen molar-refractivity contribution in [3.63, 3.8) is 0 Å². The summed E-state index contributed by atoms with van der Waals surface area (Å²) in [4.78, 5) is 44.5. The summed E-state index contributed by atoms with van der Waals surface area (Å²) in [6, 6.07) is -3.37. The van der Waals surface area contributed by atoms with E-state index in [0.29, 0.717) is 0 Å². The van der Waals surface area contributed by atoms with E-state index in [4.69, 9.17) is 10.3 Å². The summed E-state index contributed by atoms with van der Waals surface area (Å²) in [5.41, 5.74) is 5.17. The Balaban J connectivity index is 0.00000364. The molecular weight excluding hydrogens is 417 g/mol. The van der Waals surface area contributed by atoms with Crippen LogP contribution in [0.1, 0.15) is 5.69 Å². The van der Waals surface area contributed by atoms with E-state index in [1.807, 2.05) is 0 Å². The van der Waals surface area contributed by atoms with Crippen molar-refractivity contribution >= 4 is 79.8 Å². The van der Waals surface area contributed by atoms with Gasteiger partial charge >= 0.3 is 45.8 Å². The molecule has 1 aliphatic heterocycles. The van der Waals surface area contributed by atoms with Crippen LogP contribution in [0.5, 0.6) is 0 Å². The van der Waals surface area contributed by atoms with Crippen molar-refractivity contribution < 1.29 is 36.9 Å². The van der Waals surface area contributed by atoms with Crippen LogP contribution in [0, 0.1) is 0 Å². The van der Waals surface area contributed by atoms with E-state index in [1.54, 1.807) is 0 Å². The van der Waals surface area contributed by atoms with Crippen LogP contribution in [0.25, 0.3) is 0 Å². The predicted octanol–water partition coefficient (Wildman–Crippen LogP) is -2.90. The molecule has 0 spiro atoms. The third-order valence-electron chi connectivity index (χ3n) is 3.19. The number of rotatable bonds is 6. The first-order valence-corrected chi connectivity index (χ1v) is 8.91. The molecule has 1 aromatic rings. The number of nitrogens with zero attached hydrogens (tertiary/aromatic N) is 3. The standard InChI is InChI=1S/C11H13N5O8S2.Na.H/c1-23-10(19)7-6(9(18)16(7)26(20,21)22)14-8(17)5(15-24-2)4-3-25-11(12)13-4;;/h3,6-7H,1-2H3,(H2,12,13)(H,14,17)(H,20,21,22);;/b15-5+;;. The summed E-state index contributed by atoms with van der Waals surface area (Å²) >= 11 is 1.02. The quantitative estimate of drug-likeness (QED) is 0.105. The molecule has 4 N–H and O–H groups in total. The van der Waals surface area contributed by atoms with Gasteiger partial charge in [-0.1, -0.05) is 5.16 Å². The molecule has 1 aromatic heterocycles. The second kappa shape index (κ2) is 8.94. The van der Waals surface area contributed by atoms with Gasteiger partial charge in [0.1, 0.15) is 18.8 Å². The van der Waals surface area contributed by atoms with Crippen molar-refractivity contribution in [1.82, 2.24) is 14.6 Å². The molecule has 1 fully saturated rings. The molecule has 13 nitrogen and oxygen atoms in total. The third kappa shape index (κ3) is 4.74. The number of carbonyl (C=O) groups excluding carboxylic acids is 3. The van der Waals surface area contributed by atoms with Crippen molar-refractivity contribution in [2.45, 2.75) is 12.1 Å². The van der Waals surface area contributed by atoms with E-state index in [-0.39, 0.29) is 50.4 Å². The maximum atomic E-state index is 12.4. The molecule has 0 radical (unpaired) electrons. The number of methoxy groups -OCH3 is 1. The number of hydrogen-bond acceptors (Lipinski definition) is 11. The predicted molar refractivity (Wildman–Crippen MR) is 93.4 cm³/mol. The summed E-state index contributed by atoms with van der Waals surface area (Å²) in [6.07, 6.45) is 0. The molecule has 2 unspecified atom stereocenters. The second-order valence-corrected chi connectivity index (χ2v) is 6.90. The Morgan fingerprint density at radius 2 is 2.07 bits per heavy atom. The van der Waals surface area contributed by atoms with E-state index in [0.717, 1.165) is 25.6 Å². The number of ether oxygens (including phenoxy) is 1. The number of aromatic nitrogens is 1. The van der Waals surface area contributed by atoms with Crippen LogP contribution in [-0.2, 0) is 34.3 Å². The van der Waals surface area contributed by atoms with E-state index in [2.05, 4.69) is 25.0 Å². The average molecular weight is 431 g/mol. The number of anilines is 1. The van der Waals surface area contributed by atoms with Gasteiger partial charge in [0.05, 0.1) is 7.11 Å². The van der Waals surface area contributed by atoms with Crippen LogP contribution in [0.15, 0.2) is 10.5 Å². The molecule has 2 amide bonds. The molecular formula is C11H14N5NaO8S2. The monoisotopic (exact) mass is 431 g/mol. The molecule has 2 atom stereocenters. The van der Waals surface area contributed by atoms with E-state index < -0.39 is 40.2 Å². The summed E-state index contributed by atoms with van der Waals surface area (Å²) in [5.74, 6) is -3.37. The first kappa shape index (κ1) is 23.3. The summed E-state index contributed by atoms with van der Waals surface area (Å²) in [6.45, 7) is 0. The molecule has 144 valence electrons. The Labute approximate surface area is 179 Å². The van der Waals surface area contributed by atoms with Crippen LogP contribution in [0.2, 0.25) is 0 Å².